The van der Waals surface area contributed by atoms with Crippen LogP contribution in [0.3, 0.4) is 0 Å². The molecule has 1 aromatic heterocycles. The average Bonchev–Trinajstić information content (AvgIpc) is 3.82. The summed E-state index contributed by atoms with van der Waals surface area (Å²) in [5, 5.41) is 41.8. The molecule has 0 unspecified atom stereocenters. The Labute approximate surface area is 347 Å². The van der Waals surface area contributed by atoms with Gasteiger partial charge in [-0.2, -0.15) is 21.0 Å². The summed E-state index contributed by atoms with van der Waals surface area (Å²) in [4.78, 5) is 66.9. The smallest absolute Gasteiger partial charge is 0.398 e. The molecular weight excluding hydrogens is 793 g/mol. The zero-order valence-corrected chi connectivity index (χ0v) is 32.5. The molecule has 0 aliphatic carbocycles. The van der Waals surface area contributed by atoms with Crippen LogP contribution in [0.25, 0.3) is 11.5 Å². The molecule has 5 rings (SSSR count). The molecule has 0 saturated heterocycles. The molecule has 0 spiro atoms. The fraction of sp³-hybridized carbons (Fsp3) is 0.122. The average molecular weight is 827 g/mol. The first kappa shape index (κ1) is 47.9. The third kappa shape index (κ3) is 16.0. The number of nitriles is 4. The molecule has 0 aliphatic rings. The minimum Gasteiger partial charge on any atom is -0.465 e. The minimum atomic E-state index is -1.09. The van der Waals surface area contributed by atoms with Crippen LogP contribution in [0.5, 0.6) is 0 Å². The lowest BCUT2D eigenvalue weighted by molar-refractivity contribution is -0.154. The van der Waals surface area contributed by atoms with E-state index in [2.05, 4.69) is 19.7 Å². The molecule has 5 N–H and O–H groups in total. The highest BCUT2D eigenvalue weighted by atomic mass is 16.5. The van der Waals surface area contributed by atoms with E-state index in [1.165, 1.54) is 43.5 Å². The number of benzene rings is 4. The molecule has 20 heteroatoms. The number of esters is 3. The first-order valence-corrected chi connectivity index (χ1v) is 17.3. The number of nitrogens with one attached hydrogen (secondary N) is 3. The fourth-order valence-electron chi connectivity index (χ4n) is 4.15. The fourth-order valence-corrected chi connectivity index (χ4v) is 4.15. The van der Waals surface area contributed by atoms with E-state index < -0.39 is 35.6 Å². The van der Waals surface area contributed by atoms with Crippen LogP contribution in [0.4, 0.5) is 0 Å². The van der Waals surface area contributed by atoms with E-state index in [4.69, 9.17) is 36.0 Å². The molecule has 3 amide bonds. The molecule has 5 aromatic rings. The van der Waals surface area contributed by atoms with Gasteiger partial charge in [0, 0.05) is 16.7 Å². The van der Waals surface area contributed by atoms with Crippen LogP contribution >= 0.6 is 0 Å². The number of ether oxygens (including phenoxy) is 3. The third-order valence-corrected chi connectivity index (χ3v) is 6.92. The molecule has 0 saturated carbocycles. The topological polar surface area (TPSA) is 326 Å². The lowest BCUT2D eigenvalue weighted by atomic mass is 10.1. The van der Waals surface area contributed by atoms with Crippen LogP contribution in [0.2, 0.25) is 0 Å². The van der Waals surface area contributed by atoms with Crippen molar-refractivity contribution >= 4 is 35.6 Å². The van der Waals surface area contributed by atoms with Crippen molar-refractivity contribution in [2.45, 2.75) is 13.8 Å². The normalized spacial score (nSPS) is 9.11. The van der Waals surface area contributed by atoms with E-state index in [0.717, 1.165) is 0 Å². The molecule has 4 aromatic carbocycles. The Bertz CT molecular complexity index is 2460. The first-order chi connectivity index (χ1) is 29.4. The molecule has 0 radical (unpaired) electrons. The number of rotatable bonds is 7. The summed E-state index contributed by atoms with van der Waals surface area (Å²) in [6, 6.07) is 33.0. The van der Waals surface area contributed by atoms with Gasteiger partial charge in [-0.05, 0) is 86.6 Å². The predicted molar refractivity (Wildman–Crippen MR) is 209 cm³/mol. The van der Waals surface area contributed by atoms with E-state index in [-0.39, 0.29) is 30.6 Å². The highest BCUT2D eigenvalue weighted by Gasteiger charge is 2.17. The number of methoxy groups -OCH3 is 1. The largest absolute Gasteiger partial charge is 0.465 e. The summed E-state index contributed by atoms with van der Waals surface area (Å²) in [7, 11) is 1.31. The number of nitrogen functional groups attached to an aromatic ring is 1. The third-order valence-electron chi connectivity index (χ3n) is 6.92. The number of amides is 3. The van der Waals surface area contributed by atoms with Gasteiger partial charge < -0.3 is 18.6 Å². The minimum absolute atomic E-state index is 0.0599. The van der Waals surface area contributed by atoms with Crippen LogP contribution in [0.1, 0.15) is 77.9 Å². The van der Waals surface area contributed by atoms with Gasteiger partial charge in [0.2, 0.25) is 5.89 Å². The summed E-state index contributed by atoms with van der Waals surface area (Å²) < 4.78 is 18.8. The second-order valence-electron chi connectivity index (χ2n) is 11.0. The SMILES string of the molecule is CCOC(=O)C(=O)NNC(=O)c1cccc(C#N)c1.CCOC(=O)c1nnc(-c2cccc(C#N)c2)o1.COC(=O)c1cccc(C#N)c1.N#Cc1cccc(C(=O)NN)c1. The van der Waals surface area contributed by atoms with Gasteiger partial charge in [-0.3, -0.25) is 30.7 Å². The maximum Gasteiger partial charge on any atom is 0.398 e. The van der Waals surface area contributed by atoms with Gasteiger partial charge >= 0.3 is 29.7 Å². The highest BCUT2D eigenvalue weighted by Crippen LogP contribution is 2.19. The predicted octanol–water partition coefficient (Wildman–Crippen LogP) is 3.17. The van der Waals surface area contributed by atoms with Gasteiger partial charge in [-0.1, -0.05) is 24.3 Å². The van der Waals surface area contributed by atoms with Gasteiger partial charge in [0.15, 0.2) is 0 Å². The summed E-state index contributed by atoms with van der Waals surface area (Å²) in [6.45, 7) is 3.54. The van der Waals surface area contributed by atoms with Crippen LogP contribution in [0, 0.1) is 45.3 Å². The number of aromatic nitrogens is 2. The zero-order valence-electron chi connectivity index (χ0n) is 32.5. The molecule has 308 valence electrons. The van der Waals surface area contributed by atoms with Crippen molar-refractivity contribution in [3.63, 3.8) is 0 Å². The van der Waals surface area contributed by atoms with Crippen molar-refractivity contribution < 1.29 is 47.4 Å². The van der Waals surface area contributed by atoms with E-state index in [9.17, 15) is 28.8 Å². The number of nitrogens with two attached hydrogens (primary N) is 1. The standard InChI is InChI=1S/C12H11N3O4.C12H9N3O3.C9H7NO2.C8H7N3O/c1-2-19-12(18)11(17)15-14-10(16)9-5-3-4-8(6-9)7-13;1-2-17-12(16)11-15-14-10(18-11)9-5-3-4-8(6-9)7-13;1-12-9(11)8-4-2-3-7(5-8)6-10;9-5-6-2-1-3-7(4-6)8(12)11-10/h3-6H,2H2,1H3,(H,14,16)(H,15,17);3-6H,2H2,1H3;2-5H,1H3;1-4H,10H2,(H,11,12). The van der Waals surface area contributed by atoms with Crippen molar-refractivity contribution in [2.75, 3.05) is 20.3 Å². The number of carbonyl (C=O) groups excluding carboxylic acids is 6. The van der Waals surface area contributed by atoms with Crippen LogP contribution < -0.4 is 22.1 Å². The number of nitrogens with zero attached hydrogens (tertiary/aromatic N) is 6. The van der Waals surface area contributed by atoms with Crippen molar-refractivity contribution in [1.29, 1.82) is 21.0 Å². The Hall–Kier alpha value is -9.24. The summed E-state index contributed by atoms with van der Waals surface area (Å²) >= 11 is 0. The van der Waals surface area contributed by atoms with Gasteiger partial charge in [-0.25, -0.2) is 20.2 Å². The van der Waals surface area contributed by atoms with Gasteiger partial charge in [0.05, 0.1) is 72.4 Å². The number of hydrazine groups is 2. The molecule has 1 heterocycles. The van der Waals surface area contributed by atoms with E-state index >= 15 is 0 Å². The second kappa shape index (κ2) is 25.8. The van der Waals surface area contributed by atoms with Crippen molar-refractivity contribution in [3.8, 4) is 35.7 Å². The number of hydrogen-bond donors (Lipinski definition) is 4. The Morgan fingerprint density at radius 3 is 1.59 bits per heavy atom. The summed E-state index contributed by atoms with van der Waals surface area (Å²) in [5.41, 5.74) is 9.16. The van der Waals surface area contributed by atoms with Crippen molar-refractivity contribution in [3.05, 3.63) is 142 Å². The van der Waals surface area contributed by atoms with Crippen LogP contribution in [-0.4, -0.2) is 66.2 Å². The molecule has 0 fully saturated rings. The Morgan fingerprint density at radius 1 is 0.623 bits per heavy atom. The molecule has 0 aliphatic heterocycles. The Balaban J connectivity index is 0.000000286. The zero-order chi connectivity index (χ0) is 45.2. The summed E-state index contributed by atoms with van der Waals surface area (Å²) in [5.74, 6) is 0.599. The first-order valence-electron chi connectivity index (χ1n) is 17.3. The van der Waals surface area contributed by atoms with E-state index in [1.54, 1.807) is 74.5 Å². The number of carbonyl (C=O) groups is 6. The quantitative estimate of drug-likeness (QED) is 0.0457. The van der Waals surface area contributed by atoms with Crippen LogP contribution in [-0.2, 0) is 23.8 Å². The Kier molecular flexibility index (Phi) is 20.3. The Morgan fingerprint density at radius 2 is 1.10 bits per heavy atom. The van der Waals surface area contributed by atoms with Crippen molar-refractivity contribution in [2.24, 2.45) is 5.84 Å². The molecular formula is C41H34N10O10. The number of hydrogen-bond acceptors (Lipinski definition) is 17. The monoisotopic (exact) mass is 826 g/mol. The van der Waals surface area contributed by atoms with E-state index in [0.29, 0.717) is 38.9 Å². The van der Waals surface area contributed by atoms with Crippen LogP contribution in [0.15, 0.2) is 101 Å². The van der Waals surface area contributed by atoms with E-state index in [1.807, 2.05) is 40.6 Å². The maximum atomic E-state index is 11.6. The maximum absolute atomic E-state index is 11.6. The van der Waals surface area contributed by atoms with Gasteiger partial charge in [-0.15, -0.1) is 10.2 Å². The van der Waals surface area contributed by atoms with Gasteiger partial charge in [0.1, 0.15) is 0 Å². The molecule has 0 atom stereocenters. The molecule has 61 heavy (non-hydrogen) atoms. The lowest BCUT2D eigenvalue weighted by Crippen LogP contribution is -2.45. The molecule has 20 nitrogen and oxygen atoms in total. The van der Waals surface area contributed by atoms with Crippen molar-refractivity contribution in [1.82, 2.24) is 26.5 Å². The lowest BCUT2D eigenvalue weighted by Gasteiger charge is -2.06. The second-order valence-corrected chi connectivity index (χ2v) is 11.0. The van der Waals surface area contributed by atoms with Gasteiger partial charge in [0.25, 0.3) is 11.8 Å². The summed E-state index contributed by atoms with van der Waals surface area (Å²) in [6.07, 6.45) is 0. The highest BCUT2D eigenvalue weighted by molar-refractivity contribution is 6.32. The molecule has 0 bridgehead atoms.